The average molecular weight is 371 g/mol. The van der Waals surface area contributed by atoms with Gasteiger partial charge in [-0.2, -0.15) is 0 Å². The van der Waals surface area contributed by atoms with Crippen molar-refractivity contribution >= 4 is 15.7 Å². The number of nitro groups is 1. The topological polar surface area (TPSA) is 102 Å². The van der Waals surface area contributed by atoms with Gasteiger partial charge in [-0.3, -0.25) is 15.0 Å². The minimum Gasteiger partial charge on any atom is -0.490 e. The molecule has 0 amide bonds. The molecule has 1 aromatic rings. The lowest BCUT2D eigenvalue weighted by atomic mass is 10.0. The van der Waals surface area contributed by atoms with E-state index >= 15 is 0 Å². The van der Waals surface area contributed by atoms with Crippen molar-refractivity contribution in [2.24, 2.45) is 5.92 Å². The van der Waals surface area contributed by atoms with Gasteiger partial charge in [0, 0.05) is 18.7 Å². The highest BCUT2D eigenvalue weighted by Crippen LogP contribution is 2.29. The molecule has 8 nitrogen and oxygen atoms in total. The van der Waals surface area contributed by atoms with Crippen LogP contribution in [0.1, 0.15) is 26.7 Å². The Balaban J connectivity index is 2.18. The standard InChI is InChI=1S/C16H25N3O5S/c1-12(2)15(18-8-4-5-9-18)11-17-25(22,23)13-6-7-16(24-3)14(10-13)19(20)21/h6-7,10,12,15,17H,4-5,8-9,11H2,1-3H3/t15-/m1/s1. The second-order valence-corrected chi connectivity index (χ2v) is 8.26. The third-order valence-corrected chi connectivity index (χ3v) is 5.94. The van der Waals surface area contributed by atoms with Gasteiger partial charge in [-0.25, -0.2) is 13.1 Å². The fourth-order valence-corrected chi connectivity index (χ4v) is 4.19. The molecule has 0 radical (unpaired) electrons. The summed E-state index contributed by atoms with van der Waals surface area (Å²) in [5.41, 5.74) is -0.370. The van der Waals surface area contributed by atoms with Crippen molar-refractivity contribution in [2.45, 2.75) is 37.6 Å². The molecule has 1 aliphatic rings. The molecule has 0 saturated carbocycles. The SMILES string of the molecule is COc1ccc(S(=O)(=O)NC[C@H](C(C)C)N2CCCC2)cc1[N+](=O)[O-]. The lowest BCUT2D eigenvalue weighted by Crippen LogP contribution is -2.45. The third kappa shape index (κ3) is 4.68. The normalized spacial score (nSPS) is 17.0. The highest BCUT2D eigenvalue weighted by molar-refractivity contribution is 7.89. The van der Waals surface area contributed by atoms with Crippen LogP contribution in [0.4, 0.5) is 5.69 Å². The molecule has 1 fully saturated rings. The summed E-state index contributed by atoms with van der Waals surface area (Å²) in [5.74, 6) is 0.326. The second kappa shape index (κ2) is 8.11. The van der Waals surface area contributed by atoms with E-state index in [1.165, 1.54) is 19.2 Å². The van der Waals surface area contributed by atoms with Crippen LogP contribution in [0.15, 0.2) is 23.1 Å². The number of nitrogens with one attached hydrogen (secondary N) is 1. The number of rotatable bonds is 8. The number of hydrogen-bond donors (Lipinski definition) is 1. The first-order valence-corrected chi connectivity index (χ1v) is 9.80. The molecule has 1 saturated heterocycles. The van der Waals surface area contributed by atoms with Crippen molar-refractivity contribution in [3.05, 3.63) is 28.3 Å². The van der Waals surface area contributed by atoms with Crippen LogP contribution in [-0.2, 0) is 10.0 Å². The molecule has 1 atom stereocenters. The second-order valence-electron chi connectivity index (χ2n) is 6.50. The summed E-state index contributed by atoms with van der Waals surface area (Å²) in [6, 6.07) is 3.74. The van der Waals surface area contributed by atoms with E-state index in [1.54, 1.807) is 0 Å². The van der Waals surface area contributed by atoms with Crippen molar-refractivity contribution < 1.29 is 18.1 Å². The van der Waals surface area contributed by atoms with E-state index in [0.717, 1.165) is 32.0 Å². The molecule has 0 aromatic heterocycles. The fourth-order valence-electron chi connectivity index (χ4n) is 3.12. The van der Waals surface area contributed by atoms with E-state index in [2.05, 4.69) is 23.5 Å². The van der Waals surface area contributed by atoms with Gasteiger partial charge in [0.1, 0.15) is 0 Å². The predicted molar refractivity (Wildman–Crippen MR) is 94.3 cm³/mol. The van der Waals surface area contributed by atoms with Crippen LogP contribution in [0.25, 0.3) is 0 Å². The van der Waals surface area contributed by atoms with E-state index in [4.69, 9.17) is 4.74 Å². The van der Waals surface area contributed by atoms with Crippen molar-refractivity contribution in [1.82, 2.24) is 9.62 Å². The largest absolute Gasteiger partial charge is 0.490 e. The van der Waals surface area contributed by atoms with Crippen molar-refractivity contribution in [1.29, 1.82) is 0 Å². The van der Waals surface area contributed by atoms with E-state index in [9.17, 15) is 18.5 Å². The van der Waals surface area contributed by atoms with Gasteiger partial charge in [0.05, 0.1) is 16.9 Å². The molecule has 0 unspecified atom stereocenters. The maximum Gasteiger partial charge on any atom is 0.312 e. The van der Waals surface area contributed by atoms with E-state index in [0.29, 0.717) is 5.92 Å². The highest BCUT2D eigenvalue weighted by atomic mass is 32.2. The number of likely N-dealkylation sites (tertiary alicyclic amines) is 1. The van der Waals surface area contributed by atoms with Gasteiger partial charge in [-0.15, -0.1) is 0 Å². The molecule has 25 heavy (non-hydrogen) atoms. The maximum atomic E-state index is 12.6. The van der Waals surface area contributed by atoms with Gasteiger partial charge in [0.25, 0.3) is 0 Å². The minimum atomic E-state index is -3.84. The number of nitrogens with zero attached hydrogens (tertiary/aromatic N) is 2. The Hall–Kier alpha value is -1.71. The average Bonchev–Trinajstić information content (AvgIpc) is 3.08. The molecule has 2 rings (SSSR count). The first kappa shape index (κ1) is 19.6. The summed E-state index contributed by atoms with van der Waals surface area (Å²) in [6.07, 6.45) is 2.25. The van der Waals surface area contributed by atoms with Gasteiger partial charge in [0.15, 0.2) is 5.75 Å². The van der Waals surface area contributed by atoms with E-state index in [-0.39, 0.29) is 28.9 Å². The molecule has 0 spiro atoms. The number of hydrogen-bond acceptors (Lipinski definition) is 6. The molecule has 0 aliphatic carbocycles. The molecular formula is C16H25N3O5S. The lowest BCUT2D eigenvalue weighted by molar-refractivity contribution is -0.386. The first-order chi connectivity index (χ1) is 11.8. The van der Waals surface area contributed by atoms with Crippen LogP contribution in [0.2, 0.25) is 0 Å². The molecule has 140 valence electrons. The number of ether oxygens (including phenoxy) is 1. The summed E-state index contributed by atoms with van der Waals surface area (Å²) < 4.78 is 32.6. The summed E-state index contributed by atoms with van der Waals surface area (Å²) in [7, 11) is -2.53. The number of nitro benzene ring substituents is 1. The molecule has 9 heteroatoms. The Bertz CT molecular complexity index is 714. The first-order valence-electron chi connectivity index (χ1n) is 8.32. The Morgan fingerprint density at radius 2 is 1.96 bits per heavy atom. The molecule has 1 N–H and O–H groups in total. The maximum absolute atomic E-state index is 12.6. The van der Waals surface area contributed by atoms with Gasteiger partial charge in [-0.05, 0) is 44.0 Å². The summed E-state index contributed by atoms with van der Waals surface area (Å²) in [6.45, 7) is 6.35. The Labute approximate surface area is 148 Å². The van der Waals surface area contributed by atoms with Gasteiger partial charge in [-0.1, -0.05) is 13.8 Å². The number of methoxy groups -OCH3 is 1. The van der Waals surface area contributed by atoms with Gasteiger partial charge < -0.3 is 4.74 Å². The Morgan fingerprint density at radius 1 is 1.32 bits per heavy atom. The van der Waals surface area contributed by atoms with Crippen LogP contribution < -0.4 is 9.46 Å². The summed E-state index contributed by atoms with van der Waals surface area (Å²) in [4.78, 5) is 12.6. The van der Waals surface area contributed by atoms with Gasteiger partial charge in [0.2, 0.25) is 10.0 Å². The molecule has 1 heterocycles. The highest BCUT2D eigenvalue weighted by Gasteiger charge is 2.27. The van der Waals surface area contributed by atoms with E-state index < -0.39 is 14.9 Å². The third-order valence-electron chi connectivity index (χ3n) is 4.52. The minimum absolute atomic E-state index is 0.0288. The summed E-state index contributed by atoms with van der Waals surface area (Å²) >= 11 is 0. The lowest BCUT2D eigenvalue weighted by Gasteiger charge is -2.30. The Kier molecular flexibility index (Phi) is 6.36. The van der Waals surface area contributed by atoms with Crippen molar-refractivity contribution in [3.63, 3.8) is 0 Å². The van der Waals surface area contributed by atoms with E-state index in [1.807, 2.05) is 0 Å². The zero-order chi connectivity index (χ0) is 18.6. The van der Waals surface area contributed by atoms with Gasteiger partial charge >= 0.3 is 5.69 Å². The molecule has 0 bridgehead atoms. The monoisotopic (exact) mass is 371 g/mol. The van der Waals surface area contributed by atoms with Crippen molar-refractivity contribution in [3.8, 4) is 5.75 Å². The molecule has 1 aliphatic heterocycles. The number of sulfonamides is 1. The quantitative estimate of drug-likeness (QED) is 0.554. The molecule has 1 aromatic carbocycles. The summed E-state index contributed by atoms with van der Waals surface area (Å²) in [5, 5.41) is 11.1. The Morgan fingerprint density at radius 3 is 2.48 bits per heavy atom. The van der Waals surface area contributed by atoms with Crippen LogP contribution in [0.5, 0.6) is 5.75 Å². The predicted octanol–water partition coefficient (Wildman–Crippen LogP) is 2.00. The van der Waals surface area contributed by atoms with Crippen LogP contribution in [0, 0.1) is 16.0 Å². The van der Waals surface area contributed by atoms with Crippen molar-refractivity contribution in [2.75, 3.05) is 26.7 Å². The van der Waals surface area contributed by atoms with Crippen LogP contribution in [-0.4, -0.2) is 51.0 Å². The fraction of sp³-hybridized carbons (Fsp3) is 0.625. The molecular weight excluding hydrogens is 346 g/mol. The van der Waals surface area contributed by atoms with Crippen LogP contribution in [0.3, 0.4) is 0 Å². The smallest absolute Gasteiger partial charge is 0.312 e. The zero-order valence-corrected chi connectivity index (χ0v) is 15.6. The van der Waals surface area contributed by atoms with Crippen LogP contribution >= 0.6 is 0 Å². The zero-order valence-electron chi connectivity index (χ0n) is 14.8. The number of benzene rings is 1.